The van der Waals surface area contributed by atoms with Gasteiger partial charge in [-0.25, -0.2) is 4.98 Å². The molecule has 0 saturated heterocycles. The molecule has 0 fully saturated rings. The average Bonchev–Trinajstić information content (AvgIpc) is 2.78. The van der Waals surface area contributed by atoms with Crippen molar-refractivity contribution in [3.05, 3.63) is 63.9 Å². The maximum Gasteiger partial charge on any atom is 0.106 e. The third kappa shape index (κ3) is 2.77. The number of aliphatic hydroxyl groups is 1. The smallest absolute Gasteiger partial charge is 0.106 e. The Bertz CT molecular complexity index is 798. The molecule has 5 heteroatoms. The fraction of sp³-hybridized carbons (Fsp3) is 0.188. The van der Waals surface area contributed by atoms with Crippen LogP contribution in [-0.4, -0.2) is 14.7 Å². The van der Waals surface area contributed by atoms with Gasteiger partial charge in [0.25, 0.3) is 0 Å². The predicted octanol–water partition coefficient (Wildman–Crippen LogP) is 4.39. The molecule has 0 amide bonds. The van der Waals surface area contributed by atoms with Crippen molar-refractivity contribution in [3.8, 4) is 0 Å². The fourth-order valence-electron chi connectivity index (χ4n) is 2.47. The number of fused-ring (bicyclic) bond motifs is 1. The lowest BCUT2D eigenvalue weighted by atomic mass is 10.1. The molecule has 1 aromatic heterocycles. The van der Waals surface area contributed by atoms with Gasteiger partial charge in [-0.2, -0.15) is 0 Å². The zero-order chi connectivity index (χ0) is 15.0. The van der Waals surface area contributed by atoms with Crippen LogP contribution in [0.4, 0.5) is 0 Å². The molecule has 0 aliphatic heterocycles. The molecule has 2 aromatic carbocycles. The van der Waals surface area contributed by atoms with Crippen LogP contribution in [0.2, 0.25) is 10.0 Å². The number of hydrogen-bond acceptors (Lipinski definition) is 2. The largest absolute Gasteiger partial charge is 0.386 e. The Morgan fingerprint density at radius 3 is 2.76 bits per heavy atom. The highest BCUT2D eigenvalue weighted by molar-refractivity contribution is 6.33. The van der Waals surface area contributed by atoms with Crippen LogP contribution in [0, 0.1) is 6.92 Å². The highest BCUT2D eigenvalue weighted by Crippen LogP contribution is 2.28. The molecule has 3 aromatic rings. The molecule has 0 spiro atoms. The summed E-state index contributed by atoms with van der Waals surface area (Å²) in [5, 5.41) is 11.6. The predicted molar refractivity (Wildman–Crippen MR) is 85.9 cm³/mol. The van der Waals surface area contributed by atoms with Crippen molar-refractivity contribution in [2.24, 2.45) is 0 Å². The summed E-state index contributed by atoms with van der Waals surface area (Å²) in [6.07, 6.45) is -0.743. The summed E-state index contributed by atoms with van der Waals surface area (Å²) < 4.78 is 1.98. The molecule has 0 saturated carbocycles. The van der Waals surface area contributed by atoms with Gasteiger partial charge in [-0.1, -0.05) is 35.3 Å². The first kappa shape index (κ1) is 14.4. The maximum absolute atomic E-state index is 10.5. The summed E-state index contributed by atoms with van der Waals surface area (Å²) in [6, 6.07) is 12.9. The first-order chi connectivity index (χ1) is 10.1. The maximum atomic E-state index is 10.5. The minimum absolute atomic E-state index is 0.381. The van der Waals surface area contributed by atoms with Crippen LogP contribution in [0.1, 0.15) is 17.5 Å². The molecule has 1 atom stereocenters. The third-order valence-corrected chi connectivity index (χ3v) is 4.10. The van der Waals surface area contributed by atoms with Crippen LogP contribution in [0.15, 0.2) is 42.5 Å². The molecule has 0 aliphatic carbocycles. The van der Waals surface area contributed by atoms with Gasteiger partial charge in [0.2, 0.25) is 0 Å². The van der Waals surface area contributed by atoms with Gasteiger partial charge in [-0.3, -0.25) is 0 Å². The average molecular weight is 321 g/mol. The quantitative estimate of drug-likeness (QED) is 0.777. The van der Waals surface area contributed by atoms with Crippen molar-refractivity contribution >= 4 is 34.2 Å². The van der Waals surface area contributed by atoms with Gasteiger partial charge in [0.05, 0.1) is 23.7 Å². The van der Waals surface area contributed by atoms with Crippen LogP contribution in [0.3, 0.4) is 0 Å². The van der Waals surface area contributed by atoms with Crippen LogP contribution >= 0.6 is 23.2 Å². The Labute approximate surface area is 132 Å². The van der Waals surface area contributed by atoms with Gasteiger partial charge in [0.1, 0.15) is 5.82 Å². The molecule has 0 bridgehead atoms. The number of aryl methyl sites for hydroxylation is 1. The van der Waals surface area contributed by atoms with E-state index in [0.29, 0.717) is 22.2 Å². The van der Waals surface area contributed by atoms with Crippen LogP contribution in [0.25, 0.3) is 11.0 Å². The van der Waals surface area contributed by atoms with Crippen LogP contribution in [-0.2, 0) is 6.54 Å². The van der Waals surface area contributed by atoms with E-state index in [4.69, 9.17) is 23.2 Å². The van der Waals surface area contributed by atoms with Gasteiger partial charge >= 0.3 is 0 Å². The minimum atomic E-state index is -0.743. The summed E-state index contributed by atoms with van der Waals surface area (Å²) in [5.74, 6) is 0.855. The van der Waals surface area contributed by atoms with Gasteiger partial charge < -0.3 is 9.67 Å². The van der Waals surface area contributed by atoms with E-state index in [9.17, 15) is 5.11 Å². The number of para-hydroxylation sites is 2. The number of aromatic nitrogens is 2. The van der Waals surface area contributed by atoms with E-state index < -0.39 is 6.10 Å². The Kier molecular flexibility index (Phi) is 3.89. The lowest BCUT2D eigenvalue weighted by molar-refractivity contribution is 0.157. The van der Waals surface area contributed by atoms with Gasteiger partial charge in [0.15, 0.2) is 0 Å². The molecule has 108 valence electrons. The summed E-state index contributed by atoms with van der Waals surface area (Å²) >= 11 is 12.1. The first-order valence-corrected chi connectivity index (χ1v) is 7.37. The molecule has 1 unspecified atom stereocenters. The topological polar surface area (TPSA) is 38.0 Å². The molecule has 0 radical (unpaired) electrons. The van der Waals surface area contributed by atoms with E-state index in [-0.39, 0.29) is 0 Å². The van der Waals surface area contributed by atoms with Crippen LogP contribution < -0.4 is 0 Å². The molecule has 1 heterocycles. The number of rotatable bonds is 3. The summed E-state index contributed by atoms with van der Waals surface area (Å²) in [6.45, 7) is 2.30. The monoisotopic (exact) mass is 320 g/mol. The highest BCUT2D eigenvalue weighted by Gasteiger charge is 2.16. The van der Waals surface area contributed by atoms with E-state index in [1.807, 2.05) is 35.8 Å². The Morgan fingerprint density at radius 2 is 1.95 bits per heavy atom. The Morgan fingerprint density at radius 1 is 1.19 bits per heavy atom. The molecular formula is C16H14Cl2N2O. The Balaban J connectivity index is 1.98. The van der Waals surface area contributed by atoms with E-state index in [1.54, 1.807) is 18.2 Å². The number of nitrogens with zero attached hydrogens (tertiary/aromatic N) is 2. The molecule has 0 aliphatic rings. The lowest BCUT2D eigenvalue weighted by Crippen LogP contribution is -2.10. The number of benzene rings is 2. The Hall–Kier alpha value is -1.55. The first-order valence-electron chi connectivity index (χ1n) is 6.61. The van der Waals surface area contributed by atoms with Crippen molar-refractivity contribution in [1.29, 1.82) is 0 Å². The molecule has 1 N–H and O–H groups in total. The fourth-order valence-corrected chi connectivity index (χ4v) is 2.89. The van der Waals surface area contributed by atoms with Crippen molar-refractivity contribution in [2.75, 3.05) is 0 Å². The summed E-state index contributed by atoms with van der Waals surface area (Å²) in [5.41, 5.74) is 2.54. The summed E-state index contributed by atoms with van der Waals surface area (Å²) in [4.78, 5) is 4.49. The van der Waals surface area contributed by atoms with Crippen molar-refractivity contribution < 1.29 is 5.11 Å². The van der Waals surface area contributed by atoms with Crippen LogP contribution in [0.5, 0.6) is 0 Å². The third-order valence-electron chi connectivity index (χ3n) is 3.52. The minimum Gasteiger partial charge on any atom is -0.386 e. The number of halogens is 2. The lowest BCUT2D eigenvalue weighted by Gasteiger charge is -2.15. The van der Waals surface area contributed by atoms with Crippen molar-refractivity contribution in [3.63, 3.8) is 0 Å². The number of aliphatic hydroxyl groups excluding tert-OH is 1. The highest BCUT2D eigenvalue weighted by atomic mass is 35.5. The molecule has 3 nitrogen and oxygen atoms in total. The molecule has 3 rings (SSSR count). The SMILES string of the molecule is Cc1nc2ccccc2n1CC(O)c1cc(Cl)ccc1Cl. The van der Waals surface area contributed by atoms with Crippen molar-refractivity contribution in [1.82, 2.24) is 9.55 Å². The zero-order valence-electron chi connectivity index (χ0n) is 11.4. The summed E-state index contributed by atoms with van der Waals surface area (Å²) in [7, 11) is 0. The van der Waals surface area contributed by atoms with Gasteiger partial charge in [0, 0.05) is 15.6 Å². The van der Waals surface area contributed by atoms with Gasteiger partial charge in [-0.15, -0.1) is 0 Å². The van der Waals surface area contributed by atoms with Crippen molar-refractivity contribution in [2.45, 2.75) is 19.6 Å². The second-order valence-corrected chi connectivity index (χ2v) is 5.78. The van der Waals surface area contributed by atoms with E-state index in [2.05, 4.69) is 4.98 Å². The van der Waals surface area contributed by atoms with E-state index in [0.717, 1.165) is 16.9 Å². The molecule has 21 heavy (non-hydrogen) atoms. The standard InChI is InChI=1S/C16H14Cl2N2O/c1-10-19-14-4-2-3-5-15(14)20(10)9-16(21)12-8-11(17)6-7-13(12)18/h2-8,16,21H,9H2,1H3. The zero-order valence-corrected chi connectivity index (χ0v) is 12.9. The second kappa shape index (κ2) is 5.68. The van der Waals surface area contributed by atoms with Gasteiger partial charge in [-0.05, 0) is 37.3 Å². The number of imidazole rings is 1. The number of hydrogen-bond donors (Lipinski definition) is 1. The van der Waals surface area contributed by atoms with E-state index >= 15 is 0 Å². The second-order valence-electron chi connectivity index (χ2n) is 4.94. The normalized spacial score (nSPS) is 12.8. The van der Waals surface area contributed by atoms with E-state index in [1.165, 1.54) is 0 Å². The molecular weight excluding hydrogens is 307 g/mol.